The van der Waals surface area contributed by atoms with Gasteiger partial charge in [-0.25, -0.2) is 9.13 Å². The Hall–Kier alpha value is -1.94. The molecule has 0 heterocycles. The standard InChI is InChI=1S/C79H154O17P2/c1-8-9-10-11-12-13-32-39-46-53-60-76(81)89-66-74(96-79(84)63-56-49-42-35-28-27-31-38-45-52-59-72(6)7)68-93-97(85,86)91-64-73(80)65-92-98(87,88)94-69-75(67-90-77(82)61-54-47-40-33-25-21-18-17-20-24-30-37-44-51-58-71(4)5)95-78(83)62-55-48-41-34-26-22-16-14-15-19-23-29-36-43-50-57-70(2)3/h70-75,80H,8-69H2,1-7H3,(H,85,86)(H,87,88)/t73-,74+,75+/m0/s1. The van der Waals surface area contributed by atoms with E-state index >= 15 is 0 Å². The van der Waals surface area contributed by atoms with Crippen molar-refractivity contribution in [3.05, 3.63) is 0 Å². The van der Waals surface area contributed by atoms with Crippen LogP contribution in [0.4, 0.5) is 0 Å². The SMILES string of the molecule is CCCCCCCCCCCCC(=O)OC[C@H](COP(=O)(O)OC[C@H](O)COP(=O)(O)OC[C@@H](COC(=O)CCCCCCCCCCCCCCCCC(C)C)OC(=O)CCCCCCCCCCCCCCCCCC(C)C)OC(=O)CCCCCCCCCCCCC(C)C. The van der Waals surface area contributed by atoms with Crippen LogP contribution in [0.3, 0.4) is 0 Å². The number of carbonyl (C=O) groups excluding carboxylic acids is 4. The number of hydrogen-bond donors (Lipinski definition) is 3. The van der Waals surface area contributed by atoms with Gasteiger partial charge < -0.3 is 33.8 Å². The number of aliphatic hydroxyl groups is 1. The van der Waals surface area contributed by atoms with E-state index in [0.29, 0.717) is 25.7 Å². The number of hydrogen-bond acceptors (Lipinski definition) is 15. The van der Waals surface area contributed by atoms with Crippen molar-refractivity contribution in [3.63, 3.8) is 0 Å². The van der Waals surface area contributed by atoms with Gasteiger partial charge in [0.15, 0.2) is 12.2 Å². The summed E-state index contributed by atoms with van der Waals surface area (Å²) in [5, 5.41) is 10.6. The maximum atomic E-state index is 13.1. The van der Waals surface area contributed by atoms with Gasteiger partial charge in [-0.1, -0.05) is 357 Å². The van der Waals surface area contributed by atoms with Gasteiger partial charge in [-0.3, -0.25) is 37.3 Å². The van der Waals surface area contributed by atoms with E-state index in [9.17, 15) is 43.2 Å². The second kappa shape index (κ2) is 69.4. The summed E-state index contributed by atoms with van der Waals surface area (Å²) < 4.78 is 68.6. The third-order valence-corrected chi connectivity index (χ3v) is 20.3. The van der Waals surface area contributed by atoms with Gasteiger partial charge in [0.05, 0.1) is 26.4 Å². The van der Waals surface area contributed by atoms with Crippen LogP contribution >= 0.6 is 15.6 Å². The largest absolute Gasteiger partial charge is 0.472 e. The van der Waals surface area contributed by atoms with E-state index in [1.54, 1.807) is 0 Å². The lowest BCUT2D eigenvalue weighted by atomic mass is 10.0. The van der Waals surface area contributed by atoms with Crippen LogP contribution in [0.1, 0.15) is 408 Å². The molecule has 0 aromatic rings. The first-order chi connectivity index (χ1) is 47.2. The van der Waals surface area contributed by atoms with Crippen LogP contribution in [0, 0.1) is 17.8 Å². The Morgan fingerprint density at radius 3 is 0.694 bits per heavy atom. The lowest BCUT2D eigenvalue weighted by molar-refractivity contribution is -0.161. The molecule has 5 atom stereocenters. The zero-order valence-corrected chi connectivity index (χ0v) is 66.0. The molecule has 0 aliphatic rings. The summed E-state index contributed by atoms with van der Waals surface area (Å²) in [4.78, 5) is 72.9. The summed E-state index contributed by atoms with van der Waals surface area (Å²) in [7, 11) is -9.92. The van der Waals surface area contributed by atoms with E-state index in [-0.39, 0.29) is 25.7 Å². The number of rotatable bonds is 77. The Bertz CT molecular complexity index is 1900. The normalized spacial score (nSPS) is 14.0. The van der Waals surface area contributed by atoms with Gasteiger partial charge in [0.2, 0.25) is 0 Å². The van der Waals surface area contributed by atoms with Crippen LogP contribution in [-0.4, -0.2) is 96.7 Å². The first kappa shape index (κ1) is 96.1. The highest BCUT2D eigenvalue weighted by molar-refractivity contribution is 7.47. The molecule has 0 rings (SSSR count). The number of carbonyl (C=O) groups is 4. The average Bonchev–Trinajstić information content (AvgIpc) is 1.14. The van der Waals surface area contributed by atoms with Crippen LogP contribution in [0.15, 0.2) is 0 Å². The second-order valence-electron chi connectivity index (χ2n) is 29.9. The smallest absolute Gasteiger partial charge is 0.462 e. The molecule has 0 fully saturated rings. The number of ether oxygens (including phenoxy) is 4. The number of unbranched alkanes of at least 4 members (excludes halogenated alkanes) is 45. The number of phosphoric acid groups is 2. The predicted octanol–water partition coefficient (Wildman–Crippen LogP) is 23.4. The number of aliphatic hydroxyl groups excluding tert-OH is 1. The third-order valence-electron chi connectivity index (χ3n) is 18.4. The molecule has 0 aliphatic carbocycles. The van der Waals surface area contributed by atoms with E-state index in [4.69, 9.17) is 37.0 Å². The van der Waals surface area contributed by atoms with Gasteiger partial charge in [-0.15, -0.1) is 0 Å². The first-order valence-electron chi connectivity index (χ1n) is 40.8. The lowest BCUT2D eigenvalue weighted by Gasteiger charge is -2.21. The minimum Gasteiger partial charge on any atom is -0.462 e. The maximum Gasteiger partial charge on any atom is 0.472 e. The van der Waals surface area contributed by atoms with Crippen LogP contribution in [-0.2, 0) is 65.4 Å². The molecule has 0 aromatic heterocycles. The van der Waals surface area contributed by atoms with Crippen LogP contribution < -0.4 is 0 Å². The third kappa shape index (κ3) is 72.4. The van der Waals surface area contributed by atoms with Crippen molar-refractivity contribution < 1.29 is 80.2 Å². The molecule has 0 bridgehead atoms. The number of esters is 4. The van der Waals surface area contributed by atoms with E-state index in [1.165, 1.54) is 218 Å². The van der Waals surface area contributed by atoms with Crippen LogP contribution in [0.2, 0.25) is 0 Å². The van der Waals surface area contributed by atoms with Gasteiger partial charge in [0, 0.05) is 25.7 Å². The van der Waals surface area contributed by atoms with Gasteiger partial charge in [0.1, 0.15) is 19.3 Å². The Morgan fingerprint density at radius 2 is 0.469 bits per heavy atom. The first-order valence-corrected chi connectivity index (χ1v) is 43.8. The van der Waals surface area contributed by atoms with Crippen molar-refractivity contribution in [1.29, 1.82) is 0 Å². The summed E-state index contributed by atoms with van der Waals surface area (Å²) in [5.74, 6) is 0.241. The van der Waals surface area contributed by atoms with Crippen LogP contribution in [0.5, 0.6) is 0 Å². The molecule has 98 heavy (non-hydrogen) atoms. The molecule has 0 spiro atoms. The van der Waals surface area contributed by atoms with Crippen molar-refractivity contribution in [2.45, 2.75) is 426 Å². The lowest BCUT2D eigenvalue weighted by Crippen LogP contribution is -2.30. The van der Waals surface area contributed by atoms with Crippen molar-refractivity contribution in [2.75, 3.05) is 39.6 Å². The molecule has 0 saturated heterocycles. The highest BCUT2D eigenvalue weighted by Gasteiger charge is 2.30. The Labute approximate surface area is 600 Å². The van der Waals surface area contributed by atoms with E-state index < -0.39 is 97.5 Å². The zero-order chi connectivity index (χ0) is 72.3. The monoisotopic (exact) mass is 1440 g/mol. The summed E-state index contributed by atoms with van der Waals surface area (Å²) in [6.45, 7) is 12.0. The maximum absolute atomic E-state index is 13.1. The van der Waals surface area contributed by atoms with Crippen molar-refractivity contribution >= 4 is 39.5 Å². The Morgan fingerprint density at radius 1 is 0.276 bits per heavy atom. The van der Waals surface area contributed by atoms with E-state index in [1.807, 2.05) is 0 Å². The fourth-order valence-electron chi connectivity index (χ4n) is 12.1. The molecule has 17 nitrogen and oxygen atoms in total. The molecular formula is C79H154O17P2. The predicted molar refractivity (Wildman–Crippen MR) is 400 cm³/mol. The fraction of sp³-hybridized carbons (Fsp3) is 0.949. The molecule has 0 aliphatic heterocycles. The number of phosphoric ester groups is 2. The highest BCUT2D eigenvalue weighted by Crippen LogP contribution is 2.45. The van der Waals surface area contributed by atoms with E-state index in [2.05, 4.69) is 48.5 Å². The molecule has 3 N–H and O–H groups in total. The molecule has 0 saturated carbocycles. The topological polar surface area (TPSA) is 237 Å². The molecule has 19 heteroatoms. The summed E-state index contributed by atoms with van der Waals surface area (Å²) in [6, 6.07) is 0. The Balaban J connectivity index is 5.24. The van der Waals surface area contributed by atoms with Crippen molar-refractivity contribution in [2.24, 2.45) is 17.8 Å². The van der Waals surface area contributed by atoms with Gasteiger partial charge in [0.25, 0.3) is 0 Å². The van der Waals surface area contributed by atoms with Crippen molar-refractivity contribution in [3.8, 4) is 0 Å². The quantitative estimate of drug-likeness (QED) is 0.0222. The summed E-state index contributed by atoms with van der Waals surface area (Å²) >= 11 is 0. The minimum absolute atomic E-state index is 0.106. The molecule has 0 radical (unpaired) electrons. The zero-order valence-electron chi connectivity index (χ0n) is 64.3. The summed E-state index contributed by atoms with van der Waals surface area (Å²) in [5.41, 5.74) is 0. The summed E-state index contributed by atoms with van der Waals surface area (Å²) in [6.07, 6.45) is 56.8. The fourth-order valence-corrected chi connectivity index (χ4v) is 13.7. The highest BCUT2D eigenvalue weighted by atomic mass is 31.2. The van der Waals surface area contributed by atoms with E-state index in [0.717, 1.165) is 108 Å². The molecule has 2 unspecified atom stereocenters. The van der Waals surface area contributed by atoms with Gasteiger partial charge >= 0.3 is 39.5 Å². The molecule has 0 aromatic carbocycles. The molecule has 582 valence electrons. The second-order valence-corrected chi connectivity index (χ2v) is 32.8. The van der Waals surface area contributed by atoms with Gasteiger partial charge in [-0.2, -0.15) is 0 Å². The minimum atomic E-state index is -4.96. The average molecular weight is 1440 g/mol. The van der Waals surface area contributed by atoms with Gasteiger partial charge in [-0.05, 0) is 43.4 Å². The Kier molecular flexibility index (Phi) is 68.1. The molecular weight excluding hydrogens is 1280 g/mol. The van der Waals surface area contributed by atoms with Crippen LogP contribution in [0.25, 0.3) is 0 Å². The molecule has 0 amide bonds. The van der Waals surface area contributed by atoms with Crippen molar-refractivity contribution in [1.82, 2.24) is 0 Å².